The number of nitrogens with zero attached hydrogens (tertiary/aromatic N) is 1. The Kier molecular flexibility index (Phi) is 5.79. The van der Waals surface area contributed by atoms with Crippen LogP contribution in [0.5, 0.6) is 0 Å². The lowest BCUT2D eigenvalue weighted by Gasteiger charge is -2.30. The molecule has 1 aromatic heterocycles. The molecule has 2 N–H and O–H groups in total. The third-order valence-corrected chi connectivity index (χ3v) is 5.40. The number of aryl methyl sites for hydroxylation is 2. The Hall–Kier alpha value is -1.81. The van der Waals surface area contributed by atoms with E-state index in [1.807, 2.05) is 0 Å². The fraction of sp³-hybridized carbons (Fsp3) is 0.571. The van der Waals surface area contributed by atoms with Crippen LogP contribution in [0.3, 0.4) is 0 Å². The van der Waals surface area contributed by atoms with Crippen LogP contribution in [0.25, 0.3) is 10.9 Å². The molecule has 1 saturated heterocycles. The summed E-state index contributed by atoms with van der Waals surface area (Å²) >= 11 is 0. The molecular weight excluding hydrogens is 310 g/mol. The summed E-state index contributed by atoms with van der Waals surface area (Å²) in [5, 5.41) is 4.44. The van der Waals surface area contributed by atoms with Gasteiger partial charge in [0.05, 0.1) is 6.42 Å². The second kappa shape index (κ2) is 8.05. The molecule has 4 nitrogen and oxygen atoms in total. The van der Waals surface area contributed by atoms with Crippen molar-refractivity contribution in [3.8, 4) is 0 Å². The number of amides is 1. The Morgan fingerprint density at radius 2 is 2.00 bits per heavy atom. The maximum absolute atomic E-state index is 12.7. The highest BCUT2D eigenvalue weighted by molar-refractivity contribution is 5.90. The number of benzene rings is 1. The molecule has 2 heterocycles. The first-order chi connectivity index (χ1) is 12.1. The minimum absolute atomic E-state index is 0.134. The summed E-state index contributed by atoms with van der Waals surface area (Å²) in [5.74, 6) is 0.134. The number of aromatic nitrogens is 1. The number of hydrogen-bond acceptors (Lipinski definition) is 2. The number of aromatic amines is 1. The number of fused-ring (bicyclic) bond motifs is 1. The molecule has 0 saturated carbocycles. The van der Waals surface area contributed by atoms with Gasteiger partial charge in [-0.3, -0.25) is 4.79 Å². The highest BCUT2D eigenvalue weighted by atomic mass is 16.1. The Morgan fingerprint density at radius 3 is 2.72 bits per heavy atom. The van der Waals surface area contributed by atoms with E-state index in [0.29, 0.717) is 6.42 Å². The van der Waals surface area contributed by atoms with Gasteiger partial charge < -0.3 is 15.2 Å². The van der Waals surface area contributed by atoms with Crippen molar-refractivity contribution >= 4 is 16.8 Å². The number of carbonyl (C=O) groups excluding carboxylic acids is 1. The zero-order valence-electron chi connectivity index (χ0n) is 15.8. The van der Waals surface area contributed by atoms with Gasteiger partial charge in [0.15, 0.2) is 0 Å². The highest BCUT2D eigenvalue weighted by Gasteiger charge is 2.18. The first kappa shape index (κ1) is 18.0. The molecule has 0 aliphatic carbocycles. The van der Waals surface area contributed by atoms with Gasteiger partial charge in [-0.05, 0) is 63.9 Å². The lowest BCUT2D eigenvalue weighted by atomic mass is 10.0. The SMILES string of the molecule is CCC(CN1CCCCC1)NC(=O)Cc1c(C)[nH]c2ccc(C)cc12. The molecule has 1 fully saturated rings. The molecule has 4 heteroatoms. The Labute approximate surface area is 151 Å². The van der Waals surface area contributed by atoms with E-state index < -0.39 is 0 Å². The van der Waals surface area contributed by atoms with Crippen LogP contribution in [0.4, 0.5) is 0 Å². The van der Waals surface area contributed by atoms with Crippen LogP contribution in [0.15, 0.2) is 18.2 Å². The van der Waals surface area contributed by atoms with Crippen LogP contribution in [-0.4, -0.2) is 41.5 Å². The molecule has 1 atom stereocenters. The second-order valence-corrected chi connectivity index (χ2v) is 7.49. The van der Waals surface area contributed by atoms with Gasteiger partial charge in [-0.2, -0.15) is 0 Å². The number of likely N-dealkylation sites (tertiary alicyclic amines) is 1. The predicted molar refractivity (Wildman–Crippen MR) is 104 cm³/mol. The minimum atomic E-state index is 0.134. The molecule has 2 aromatic rings. The second-order valence-electron chi connectivity index (χ2n) is 7.49. The van der Waals surface area contributed by atoms with Crippen LogP contribution < -0.4 is 5.32 Å². The van der Waals surface area contributed by atoms with E-state index in [2.05, 4.69) is 54.2 Å². The van der Waals surface area contributed by atoms with Gasteiger partial charge in [0.1, 0.15) is 0 Å². The molecule has 25 heavy (non-hydrogen) atoms. The molecule has 1 amide bonds. The van der Waals surface area contributed by atoms with Crippen molar-refractivity contribution in [3.63, 3.8) is 0 Å². The van der Waals surface area contributed by atoms with Crippen molar-refractivity contribution in [1.29, 1.82) is 0 Å². The summed E-state index contributed by atoms with van der Waals surface area (Å²) in [7, 11) is 0. The zero-order valence-corrected chi connectivity index (χ0v) is 15.8. The van der Waals surface area contributed by atoms with Gasteiger partial charge in [0, 0.05) is 29.2 Å². The molecule has 0 bridgehead atoms. The number of piperidine rings is 1. The fourth-order valence-electron chi connectivity index (χ4n) is 3.89. The number of nitrogens with one attached hydrogen (secondary N) is 2. The molecule has 1 aliphatic rings. The van der Waals surface area contributed by atoms with Gasteiger partial charge in [0.25, 0.3) is 0 Å². The average molecular weight is 341 g/mol. The van der Waals surface area contributed by atoms with Gasteiger partial charge in [-0.15, -0.1) is 0 Å². The van der Waals surface area contributed by atoms with E-state index in [0.717, 1.165) is 29.7 Å². The van der Waals surface area contributed by atoms with E-state index in [4.69, 9.17) is 0 Å². The van der Waals surface area contributed by atoms with Crippen LogP contribution in [0.2, 0.25) is 0 Å². The van der Waals surface area contributed by atoms with E-state index in [9.17, 15) is 4.79 Å². The third kappa shape index (κ3) is 4.43. The van der Waals surface area contributed by atoms with Crippen molar-refractivity contribution in [2.45, 2.75) is 58.9 Å². The molecule has 3 rings (SSSR count). The van der Waals surface area contributed by atoms with E-state index >= 15 is 0 Å². The number of H-pyrrole nitrogens is 1. The molecule has 1 aliphatic heterocycles. The zero-order chi connectivity index (χ0) is 17.8. The summed E-state index contributed by atoms with van der Waals surface area (Å²) in [5.41, 5.74) is 4.57. The maximum atomic E-state index is 12.7. The fourth-order valence-corrected chi connectivity index (χ4v) is 3.89. The molecule has 1 unspecified atom stereocenters. The van der Waals surface area contributed by atoms with Crippen molar-refractivity contribution in [2.75, 3.05) is 19.6 Å². The van der Waals surface area contributed by atoms with Crippen molar-refractivity contribution in [2.24, 2.45) is 0 Å². The molecule has 136 valence electrons. The Morgan fingerprint density at radius 1 is 1.24 bits per heavy atom. The van der Waals surface area contributed by atoms with Crippen LogP contribution >= 0.6 is 0 Å². The smallest absolute Gasteiger partial charge is 0.224 e. The normalized spacial score (nSPS) is 16.9. The van der Waals surface area contributed by atoms with Crippen molar-refractivity contribution in [3.05, 3.63) is 35.0 Å². The Bertz CT molecular complexity index is 728. The minimum Gasteiger partial charge on any atom is -0.358 e. The van der Waals surface area contributed by atoms with Gasteiger partial charge in [0.2, 0.25) is 5.91 Å². The van der Waals surface area contributed by atoms with Gasteiger partial charge in [-0.25, -0.2) is 0 Å². The predicted octanol–water partition coefficient (Wildman–Crippen LogP) is 3.71. The summed E-state index contributed by atoms with van der Waals surface area (Å²) in [6, 6.07) is 6.63. The van der Waals surface area contributed by atoms with E-state index in [1.165, 1.54) is 43.3 Å². The van der Waals surface area contributed by atoms with E-state index in [-0.39, 0.29) is 11.9 Å². The van der Waals surface area contributed by atoms with E-state index in [1.54, 1.807) is 0 Å². The molecular formula is C21H31N3O. The van der Waals surface area contributed by atoms with Crippen molar-refractivity contribution in [1.82, 2.24) is 15.2 Å². The monoisotopic (exact) mass is 341 g/mol. The lowest BCUT2D eigenvalue weighted by Crippen LogP contribution is -2.45. The summed E-state index contributed by atoms with van der Waals surface area (Å²) in [6.45, 7) is 9.64. The lowest BCUT2D eigenvalue weighted by molar-refractivity contribution is -0.121. The number of hydrogen-bond donors (Lipinski definition) is 2. The number of rotatable bonds is 6. The standard InChI is InChI=1S/C21H31N3O/c1-4-17(14-24-10-6-5-7-11-24)23-21(25)13-18-16(3)22-20-9-8-15(2)12-19(18)20/h8-9,12,17,22H,4-7,10-11,13-14H2,1-3H3,(H,23,25). The topological polar surface area (TPSA) is 48.1 Å². The quantitative estimate of drug-likeness (QED) is 0.841. The molecule has 0 spiro atoms. The summed E-state index contributed by atoms with van der Waals surface area (Å²) in [4.78, 5) is 18.6. The third-order valence-electron chi connectivity index (χ3n) is 5.40. The van der Waals surface area contributed by atoms with Gasteiger partial charge >= 0.3 is 0 Å². The highest BCUT2D eigenvalue weighted by Crippen LogP contribution is 2.23. The maximum Gasteiger partial charge on any atom is 0.224 e. The van der Waals surface area contributed by atoms with Crippen LogP contribution in [-0.2, 0) is 11.2 Å². The van der Waals surface area contributed by atoms with Crippen LogP contribution in [0, 0.1) is 13.8 Å². The van der Waals surface area contributed by atoms with Gasteiger partial charge in [-0.1, -0.05) is 25.0 Å². The average Bonchev–Trinajstić information content (AvgIpc) is 2.90. The Balaban J connectivity index is 1.65. The van der Waals surface area contributed by atoms with Crippen LogP contribution in [0.1, 0.15) is 49.4 Å². The number of carbonyl (C=O) groups is 1. The molecule has 0 radical (unpaired) electrons. The summed E-state index contributed by atoms with van der Waals surface area (Å²) < 4.78 is 0. The molecule has 1 aromatic carbocycles. The first-order valence-electron chi connectivity index (χ1n) is 9.66. The van der Waals surface area contributed by atoms with Crippen molar-refractivity contribution < 1.29 is 4.79 Å². The first-order valence-corrected chi connectivity index (χ1v) is 9.66. The summed E-state index contributed by atoms with van der Waals surface area (Å²) in [6.07, 6.45) is 5.36. The largest absolute Gasteiger partial charge is 0.358 e.